The number of hydrogen-bond donors (Lipinski definition) is 3. The molecule has 4 nitrogen and oxygen atoms in total. The third-order valence-electron chi connectivity index (χ3n) is 2.92. The second kappa shape index (κ2) is 6.33. The van der Waals surface area contributed by atoms with E-state index in [9.17, 15) is 14.3 Å². The summed E-state index contributed by atoms with van der Waals surface area (Å²) in [6, 6.07) is 3.66. The number of carbonyl (C=O) groups is 1. The highest BCUT2D eigenvalue weighted by atomic mass is 19.1. The quantitative estimate of drug-likeness (QED) is 0.776. The zero-order valence-electron chi connectivity index (χ0n) is 12.3. The van der Waals surface area contributed by atoms with Gasteiger partial charge in [0.15, 0.2) is 0 Å². The van der Waals surface area contributed by atoms with Crippen molar-refractivity contribution in [1.29, 1.82) is 0 Å². The number of nitrogens with one attached hydrogen (secondary N) is 1. The van der Waals surface area contributed by atoms with Crippen LogP contribution in [0.4, 0.5) is 4.39 Å². The van der Waals surface area contributed by atoms with E-state index in [2.05, 4.69) is 5.32 Å². The lowest BCUT2D eigenvalue weighted by Crippen LogP contribution is -2.47. The van der Waals surface area contributed by atoms with Crippen LogP contribution < -0.4 is 5.32 Å². The van der Waals surface area contributed by atoms with Crippen molar-refractivity contribution in [2.45, 2.75) is 51.8 Å². The van der Waals surface area contributed by atoms with E-state index in [4.69, 9.17) is 5.11 Å². The Morgan fingerprint density at radius 3 is 2.45 bits per heavy atom. The van der Waals surface area contributed by atoms with Crippen LogP contribution in [0.1, 0.15) is 44.4 Å². The van der Waals surface area contributed by atoms with Crippen LogP contribution in [0.15, 0.2) is 18.2 Å². The fraction of sp³-hybridized carbons (Fsp3) is 0.533. The van der Waals surface area contributed by atoms with Crippen LogP contribution in [0.5, 0.6) is 0 Å². The van der Waals surface area contributed by atoms with E-state index in [-0.39, 0.29) is 17.8 Å². The molecule has 0 aliphatic carbocycles. The van der Waals surface area contributed by atoms with Gasteiger partial charge in [-0.25, -0.2) is 4.39 Å². The first kappa shape index (κ1) is 16.6. The number of benzene rings is 1. The molecule has 112 valence electrons. The van der Waals surface area contributed by atoms with Gasteiger partial charge in [0.2, 0.25) is 0 Å². The molecule has 0 aliphatic heterocycles. The van der Waals surface area contributed by atoms with Crippen LogP contribution in [-0.4, -0.2) is 27.8 Å². The van der Waals surface area contributed by atoms with Gasteiger partial charge in [0, 0.05) is 11.6 Å². The van der Waals surface area contributed by atoms with E-state index in [0.29, 0.717) is 11.1 Å². The molecule has 20 heavy (non-hydrogen) atoms. The maximum absolute atomic E-state index is 13.3. The third-order valence-corrected chi connectivity index (χ3v) is 2.92. The summed E-state index contributed by atoms with van der Waals surface area (Å²) in [7, 11) is 0. The minimum atomic E-state index is -1.01. The third kappa shape index (κ3) is 4.90. The van der Waals surface area contributed by atoms with Crippen molar-refractivity contribution in [3.63, 3.8) is 0 Å². The van der Waals surface area contributed by atoms with Crippen molar-refractivity contribution < 1.29 is 19.4 Å². The second-order valence-electron chi connectivity index (χ2n) is 6.05. The number of aliphatic carboxylic acids is 1. The van der Waals surface area contributed by atoms with Crippen LogP contribution in [0.2, 0.25) is 0 Å². The van der Waals surface area contributed by atoms with Gasteiger partial charge < -0.3 is 15.5 Å². The van der Waals surface area contributed by atoms with Crippen molar-refractivity contribution in [3.8, 4) is 0 Å². The fourth-order valence-electron chi connectivity index (χ4n) is 2.07. The minimum absolute atomic E-state index is 0.213. The lowest BCUT2D eigenvalue weighted by atomic mass is 9.95. The SMILES string of the molecule is Cc1cc(C(O)C(CC(=O)O)NC(C)(C)C)ccc1F. The van der Waals surface area contributed by atoms with E-state index < -0.39 is 18.1 Å². The minimum Gasteiger partial charge on any atom is -0.481 e. The van der Waals surface area contributed by atoms with Gasteiger partial charge in [0.25, 0.3) is 0 Å². The van der Waals surface area contributed by atoms with E-state index in [1.165, 1.54) is 12.1 Å². The van der Waals surface area contributed by atoms with Gasteiger partial charge >= 0.3 is 5.97 Å². The first-order chi connectivity index (χ1) is 9.10. The maximum atomic E-state index is 13.3. The summed E-state index contributed by atoms with van der Waals surface area (Å²) in [6.45, 7) is 7.29. The van der Waals surface area contributed by atoms with Gasteiger partial charge in [-0.05, 0) is 44.9 Å². The van der Waals surface area contributed by atoms with Gasteiger partial charge in [0.1, 0.15) is 5.82 Å². The van der Waals surface area contributed by atoms with Crippen LogP contribution in [0.25, 0.3) is 0 Å². The monoisotopic (exact) mass is 283 g/mol. The molecular weight excluding hydrogens is 261 g/mol. The molecular formula is C15H22FNO3. The van der Waals surface area contributed by atoms with Gasteiger partial charge in [0.05, 0.1) is 12.5 Å². The maximum Gasteiger partial charge on any atom is 0.305 e. The first-order valence-corrected chi connectivity index (χ1v) is 6.54. The summed E-state index contributed by atoms with van der Waals surface area (Å²) < 4.78 is 13.3. The molecule has 0 bridgehead atoms. The van der Waals surface area contributed by atoms with Gasteiger partial charge in [-0.1, -0.05) is 12.1 Å². The molecule has 3 N–H and O–H groups in total. The standard InChI is InChI=1S/C15H22FNO3/c1-9-7-10(5-6-11(9)16)14(20)12(8-13(18)19)17-15(2,3)4/h5-7,12,14,17,20H,8H2,1-4H3,(H,18,19). The molecule has 0 fully saturated rings. The highest BCUT2D eigenvalue weighted by Gasteiger charge is 2.27. The van der Waals surface area contributed by atoms with Crippen molar-refractivity contribution in [2.24, 2.45) is 0 Å². The zero-order chi connectivity index (χ0) is 15.5. The van der Waals surface area contributed by atoms with Crippen LogP contribution in [0, 0.1) is 12.7 Å². The predicted molar refractivity (Wildman–Crippen MR) is 75.0 cm³/mol. The largest absolute Gasteiger partial charge is 0.481 e. The molecule has 1 aromatic carbocycles. The number of rotatable bonds is 5. The summed E-state index contributed by atoms with van der Waals surface area (Å²) in [5, 5.41) is 22.4. The summed E-state index contributed by atoms with van der Waals surface area (Å²) in [4.78, 5) is 10.9. The zero-order valence-corrected chi connectivity index (χ0v) is 12.3. The Morgan fingerprint density at radius 1 is 1.40 bits per heavy atom. The van der Waals surface area contributed by atoms with Gasteiger partial charge in [-0.15, -0.1) is 0 Å². The molecule has 0 aliphatic rings. The van der Waals surface area contributed by atoms with Crippen LogP contribution in [0.3, 0.4) is 0 Å². The van der Waals surface area contributed by atoms with E-state index in [1.807, 2.05) is 20.8 Å². The van der Waals surface area contributed by atoms with Crippen molar-refractivity contribution in [3.05, 3.63) is 35.1 Å². The Bertz CT molecular complexity index is 482. The summed E-state index contributed by atoms with van der Waals surface area (Å²) in [5.41, 5.74) is 0.592. The number of carboxylic acid groups (broad SMARTS) is 1. The number of carboxylic acids is 1. The highest BCUT2D eigenvalue weighted by Crippen LogP contribution is 2.23. The molecule has 0 saturated carbocycles. The van der Waals surface area contributed by atoms with E-state index in [1.54, 1.807) is 13.0 Å². The molecule has 0 amide bonds. The molecule has 0 aromatic heterocycles. The van der Waals surface area contributed by atoms with Crippen molar-refractivity contribution in [1.82, 2.24) is 5.32 Å². The Kier molecular flexibility index (Phi) is 5.25. The summed E-state index contributed by atoms with van der Waals surface area (Å²) in [5.74, 6) is -1.34. The number of hydrogen-bond acceptors (Lipinski definition) is 3. The lowest BCUT2D eigenvalue weighted by molar-refractivity contribution is -0.138. The molecule has 1 rings (SSSR count). The Morgan fingerprint density at radius 2 is 2.00 bits per heavy atom. The molecule has 2 atom stereocenters. The summed E-state index contributed by atoms with van der Waals surface area (Å²) >= 11 is 0. The normalized spacial score (nSPS) is 14.9. The van der Waals surface area contributed by atoms with E-state index >= 15 is 0 Å². The molecule has 2 unspecified atom stereocenters. The smallest absolute Gasteiger partial charge is 0.305 e. The number of aryl methyl sites for hydroxylation is 1. The Hall–Kier alpha value is -1.46. The number of halogens is 1. The summed E-state index contributed by atoms with van der Waals surface area (Å²) in [6.07, 6.45) is -1.22. The Balaban J connectivity index is 2.99. The van der Waals surface area contributed by atoms with Crippen molar-refractivity contribution in [2.75, 3.05) is 0 Å². The molecule has 0 spiro atoms. The van der Waals surface area contributed by atoms with Crippen LogP contribution in [-0.2, 0) is 4.79 Å². The average Bonchev–Trinajstić information content (AvgIpc) is 2.28. The fourth-order valence-corrected chi connectivity index (χ4v) is 2.07. The highest BCUT2D eigenvalue weighted by molar-refractivity contribution is 5.67. The lowest BCUT2D eigenvalue weighted by Gasteiger charge is -2.31. The van der Waals surface area contributed by atoms with E-state index in [0.717, 1.165) is 0 Å². The molecule has 0 radical (unpaired) electrons. The molecule has 1 aromatic rings. The molecule has 5 heteroatoms. The topological polar surface area (TPSA) is 69.6 Å². The molecule has 0 heterocycles. The van der Waals surface area contributed by atoms with Crippen molar-refractivity contribution >= 4 is 5.97 Å². The van der Waals surface area contributed by atoms with Gasteiger partial charge in [-0.3, -0.25) is 4.79 Å². The van der Waals surface area contributed by atoms with Crippen LogP contribution >= 0.6 is 0 Å². The number of aliphatic hydroxyl groups is 1. The predicted octanol–water partition coefficient (Wildman–Crippen LogP) is 2.40. The Labute approximate surface area is 118 Å². The van der Waals surface area contributed by atoms with Gasteiger partial charge in [-0.2, -0.15) is 0 Å². The first-order valence-electron chi connectivity index (χ1n) is 6.54. The second-order valence-corrected chi connectivity index (χ2v) is 6.05. The average molecular weight is 283 g/mol. The number of aliphatic hydroxyl groups excluding tert-OH is 1. The molecule has 0 saturated heterocycles.